The van der Waals surface area contributed by atoms with Crippen molar-refractivity contribution in [1.29, 1.82) is 0 Å². The van der Waals surface area contributed by atoms with E-state index >= 15 is 0 Å². The van der Waals surface area contributed by atoms with E-state index in [9.17, 15) is 4.79 Å². The van der Waals surface area contributed by atoms with Gasteiger partial charge in [-0.2, -0.15) is 0 Å². The lowest BCUT2D eigenvalue weighted by Gasteiger charge is -2.16. The summed E-state index contributed by atoms with van der Waals surface area (Å²) in [4.78, 5) is 12.5. The van der Waals surface area contributed by atoms with E-state index in [0.717, 1.165) is 11.3 Å². The molecule has 3 rings (SSSR count). The highest BCUT2D eigenvalue weighted by Gasteiger charge is 2.16. The number of hydrogen-bond donors (Lipinski definition) is 2. The van der Waals surface area contributed by atoms with Crippen LogP contribution in [0.25, 0.3) is 0 Å². The number of para-hydroxylation sites is 1. The smallest absolute Gasteiger partial charge is 0.243 e. The zero-order valence-electron chi connectivity index (χ0n) is 15.8. The molecule has 0 aromatic heterocycles. The Bertz CT molecular complexity index is 852. The summed E-state index contributed by atoms with van der Waals surface area (Å²) in [6.45, 7) is 0.754. The van der Waals surface area contributed by atoms with Crippen LogP contribution in [0.5, 0.6) is 11.5 Å². The highest BCUT2D eigenvalue weighted by molar-refractivity contribution is 5.94. The van der Waals surface area contributed by atoms with Gasteiger partial charge in [-0.15, -0.1) is 0 Å². The second-order valence-electron chi connectivity index (χ2n) is 6.27. The molecule has 0 fully saturated rings. The number of hydrogen-bond acceptors (Lipinski definition) is 4. The second-order valence-corrected chi connectivity index (χ2v) is 6.27. The van der Waals surface area contributed by atoms with E-state index in [1.807, 2.05) is 84.9 Å². The van der Waals surface area contributed by atoms with Crippen LogP contribution in [0.15, 0.2) is 84.9 Å². The number of likely N-dealkylation sites (N-methyl/N-ethyl adjacent to an activating group) is 1. The maximum absolute atomic E-state index is 12.5. The topological polar surface area (TPSA) is 59.6 Å². The predicted octanol–water partition coefficient (Wildman–Crippen LogP) is 4.22. The van der Waals surface area contributed by atoms with Crippen LogP contribution in [0.3, 0.4) is 0 Å². The van der Waals surface area contributed by atoms with Crippen LogP contribution in [0, 0.1) is 0 Å². The number of carbonyl (C=O) groups is 1. The number of nitrogens with one attached hydrogen (secondary N) is 2. The summed E-state index contributed by atoms with van der Waals surface area (Å²) in [5.41, 5.74) is 1.78. The van der Waals surface area contributed by atoms with Gasteiger partial charge < -0.3 is 20.1 Å². The largest absolute Gasteiger partial charge is 0.457 e. The van der Waals surface area contributed by atoms with E-state index in [1.54, 1.807) is 7.05 Å². The predicted molar refractivity (Wildman–Crippen MR) is 111 cm³/mol. The molecule has 0 saturated heterocycles. The molecule has 5 nitrogen and oxygen atoms in total. The summed E-state index contributed by atoms with van der Waals surface area (Å²) >= 11 is 0. The third-order valence-electron chi connectivity index (χ3n) is 4.16. The zero-order chi connectivity index (χ0) is 19.6. The van der Waals surface area contributed by atoms with Crippen molar-refractivity contribution < 1.29 is 14.3 Å². The Morgan fingerprint density at radius 3 is 2.11 bits per heavy atom. The third kappa shape index (κ3) is 5.94. The molecule has 0 radical (unpaired) electrons. The molecule has 1 amide bonds. The fourth-order valence-electron chi connectivity index (χ4n) is 2.62. The van der Waals surface area contributed by atoms with Crippen molar-refractivity contribution in [3.8, 4) is 11.5 Å². The van der Waals surface area contributed by atoms with Crippen molar-refractivity contribution in [2.45, 2.75) is 12.6 Å². The standard InChI is InChI=1S/C23H24N2O3/c1-24-22(17-27-16-18-8-4-2-5-9-18)23(26)25-19-12-14-21(15-13-19)28-20-10-6-3-7-11-20/h2-15,22,24H,16-17H2,1H3,(H,25,26)/t22-/m0/s1. The molecule has 2 N–H and O–H groups in total. The molecule has 0 unspecified atom stereocenters. The van der Waals surface area contributed by atoms with Gasteiger partial charge >= 0.3 is 0 Å². The summed E-state index contributed by atoms with van der Waals surface area (Å²) in [7, 11) is 1.74. The van der Waals surface area contributed by atoms with Gasteiger partial charge in [-0.05, 0) is 49.0 Å². The fraction of sp³-hybridized carbons (Fsp3) is 0.174. The van der Waals surface area contributed by atoms with E-state index in [1.165, 1.54) is 0 Å². The van der Waals surface area contributed by atoms with Crippen LogP contribution in [-0.4, -0.2) is 25.6 Å². The fourth-order valence-corrected chi connectivity index (χ4v) is 2.62. The molecule has 0 saturated carbocycles. The summed E-state index contributed by atoms with van der Waals surface area (Å²) in [6, 6.07) is 26.3. The van der Waals surface area contributed by atoms with Gasteiger partial charge in [-0.1, -0.05) is 48.5 Å². The SMILES string of the molecule is CN[C@@H](COCc1ccccc1)C(=O)Nc1ccc(Oc2ccccc2)cc1. The quantitative estimate of drug-likeness (QED) is 0.587. The molecular formula is C23H24N2O3. The molecule has 0 aliphatic rings. The minimum absolute atomic E-state index is 0.146. The molecule has 3 aromatic carbocycles. The first-order valence-corrected chi connectivity index (χ1v) is 9.17. The van der Waals surface area contributed by atoms with Crippen LogP contribution in [-0.2, 0) is 16.1 Å². The summed E-state index contributed by atoms with van der Waals surface area (Å²) < 4.78 is 11.4. The minimum Gasteiger partial charge on any atom is -0.457 e. The zero-order valence-corrected chi connectivity index (χ0v) is 15.8. The van der Waals surface area contributed by atoms with Crippen LogP contribution in [0.2, 0.25) is 0 Å². The molecule has 28 heavy (non-hydrogen) atoms. The van der Waals surface area contributed by atoms with Gasteiger partial charge in [0.15, 0.2) is 0 Å². The Hall–Kier alpha value is -3.15. The Morgan fingerprint density at radius 1 is 0.857 bits per heavy atom. The first-order valence-electron chi connectivity index (χ1n) is 9.17. The minimum atomic E-state index is -0.441. The highest BCUT2D eigenvalue weighted by Crippen LogP contribution is 2.22. The number of rotatable bonds is 9. The molecule has 5 heteroatoms. The Labute approximate surface area is 165 Å². The molecule has 1 atom stereocenters. The average Bonchev–Trinajstić information content (AvgIpc) is 2.74. The van der Waals surface area contributed by atoms with Gasteiger partial charge in [0.05, 0.1) is 13.2 Å². The van der Waals surface area contributed by atoms with Crippen molar-refractivity contribution in [1.82, 2.24) is 5.32 Å². The normalized spacial score (nSPS) is 11.6. The van der Waals surface area contributed by atoms with Crippen molar-refractivity contribution in [3.63, 3.8) is 0 Å². The van der Waals surface area contributed by atoms with E-state index in [-0.39, 0.29) is 12.5 Å². The lowest BCUT2D eigenvalue weighted by atomic mass is 10.2. The van der Waals surface area contributed by atoms with E-state index in [2.05, 4.69) is 10.6 Å². The molecule has 0 aliphatic carbocycles. The maximum atomic E-state index is 12.5. The van der Waals surface area contributed by atoms with Crippen molar-refractivity contribution in [2.24, 2.45) is 0 Å². The molecule has 0 bridgehead atoms. The number of anilines is 1. The van der Waals surface area contributed by atoms with Gasteiger partial charge in [-0.25, -0.2) is 0 Å². The second kappa shape index (κ2) is 10.3. The molecule has 144 valence electrons. The molecule has 0 heterocycles. The number of ether oxygens (including phenoxy) is 2. The first-order chi connectivity index (χ1) is 13.7. The van der Waals surface area contributed by atoms with E-state index < -0.39 is 6.04 Å². The van der Waals surface area contributed by atoms with Crippen molar-refractivity contribution in [2.75, 3.05) is 19.0 Å². The third-order valence-corrected chi connectivity index (χ3v) is 4.16. The Balaban J connectivity index is 1.49. The lowest BCUT2D eigenvalue weighted by Crippen LogP contribution is -2.42. The number of benzene rings is 3. The molecular weight excluding hydrogens is 352 g/mol. The molecule has 0 aliphatic heterocycles. The summed E-state index contributed by atoms with van der Waals surface area (Å²) in [6.07, 6.45) is 0. The van der Waals surface area contributed by atoms with Gasteiger partial charge in [0.1, 0.15) is 17.5 Å². The lowest BCUT2D eigenvalue weighted by molar-refractivity contribution is -0.119. The Morgan fingerprint density at radius 2 is 1.46 bits per heavy atom. The van der Waals surface area contributed by atoms with Crippen LogP contribution in [0.4, 0.5) is 5.69 Å². The van der Waals surface area contributed by atoms with Gasteiger partial charge in [0.2, 0.25) is 5.91 Å². The van der Waals surface area contributed by atoms with Crippen LogP contribution in [0.1, 0.15) is 5.56 Å². The Kier molecular flexibility index (Phi) is 7.18. The van der Waals surface area contributed by atoms with Gasteiger partial charge in [0.25, 0.3) is 0 Å². The van der Waals surface area contributed by atoms with E-state index in [0.29, 0.717) is 18.0 Å². The summed E-state index contributed by atoms with van der Waals surface area (Å²) in [5, 5.41) is 5.89. The molecule has 0 spiro atoms. The van der Waals surface area contributed by atoms with Gasteiger partial charge in [-0.3, -0.25) is 4.79 Å². The highest BCUT2D eigenvalue weighted by atomic mass is 16.5. The van der Waals surface area contributed by atoms with E-state index in [4.69, 9.17) is 9.47 Å². The number of amides is 1. The van der Waals surface area contributed by atoms with Crippen LogP contribution >= 0.6 is 0 Å². The first kappa shape index (κ1) is 19.6. The summed E-state index contributed by atoms with van der Waals surface area (Å²) in [5.74, 6) is 1.33. The maximum Gasteiger partial charge on any atom is 0.243 e. The van der Waals surface area contributed by atoms with Crippen molar-refractivity contribution in [3.05, 3.63) is 90.5 Å². The van der Waals surface area contributed by atoms with Crippen LogP contribution < -0.4 is 15.4 Å². The monoisotopic (exact) mass is 376 g/mol. The van der Waals surface area contributed by atoms with Crippen molar-refractivity contribution >= 4 is 11.6 Å². The molecule has 3 aromatic rings. The van der Waals surface area contributed by atoms with Gasteiger partial charge in [0, 0.05) is 5.69 Å². The number of carbonyl (C=O) groups excluding carboxylic acids is 1. The average molecular weight is 376 g/mol.